The summed E-state index contributed by atoms with van der Waals surface area (Å²) in [6.45, 7) is 0. The molecule has 0 fully saturated rings. The summed E-state index contributed by atoms with van der Waals surface area (Å²) >= 11 is 2.64. The Bertz CT molecular complexity index is 834. The Morgan fingerprint density at radius 3 is 2.74 bits per heavy atom. The van der Waals surface area contributed by atoms with E-state index in [2.05, 4.69) is 15.8 Å². The molecular weight excluding hydrogens is 330 g/mol. The number of para-hydroxylation sites is 1. The molecule has 0 spiro atoms. The molecule has 0 saturated carbocycles. The normalized spacial score (nSPS) is 10.4. The van der Waals surface area contributed by atoms with Crippen molar-refractivity contribution in [1.29, 1.82) is 0 Å². The zero-order valence-corrected chi connectivity index (χ0v) is 13.6. The first-order chi connectivity index (χ1) is 11.2. The lowest BCUT2D eigenvalue weighted by Crippen LogP contribution is -2.42. The fraction of sp³-hybridized carbons (Fsp3) is 0.0625. The summed E-state index contributed by atoms with van der Waals surface area (Å²) in [7, 11) is 0. The van der Waals surface area contributed by atoms with Gasteiger partial charge < -0.3 is 0 Å². The van der Waals surface area contributed by atoms with Gasteiger partial charge in [0, 0.05) is 5.39 Å². The van der Waals surface area contributed by atoms with E-state index in [1.807, 2.05) is 36.4 Å². The molecule has 0 saturated heterocycles. The van der Waals surface area contributed by atoms with Gasteiger partial charge >= 0.3 is 0 Å². The number of carbonyl (C=O) groups is 2. The molecule has 0 aliphatic rings. The van der Waals surface area contributed by atoms with Crippen LogP contribution in [0, 0.1) is 0 Å². The van der Waals surface area contributed by atoms with Gasteiger partial charge in [-0.1, -0.05) is 42.1 Å². The molecule has 2 amide bonds. The molecular formula is C16H13N3O2S2. The quantitative estimate of drug-likeness (QED) is 0.564. The molecule has 3 aromatic rings. The van der Waals surface area contributed by atoms with Gasteiger partial charge in [0.2, 0.25) is 5.91 Å². The van der Waals surface area contributed by atoms with Crippen LogP contribution in [-0.4, -0.2) is 22.6 Å². The van der Waals surface area contributed by atoms with Crippen molar-refractivity contribution in [2.75, 3.05) is 5.75 Å². The molecule has 2 heterocycles. The number of thioether (sulfide) groups is 1. The third kappa shape index (κ3) is 4.08. The molecule has 0 aliphatic heterocycles. The summed E-state index contributed by atoms with van der Waals surface area (Å²) in [5.41, 5.74) is 5.68. The number of pyridine rings is 1. The monoisotopic (exact) mass is 343 g/mol. The number of amides is 2. The van der Waals surface area contributed by atoms with Gasteiger partial charge in [-0.15, -0.1) is 11.3 Å². The fourth-order valence-electron chi connectivity index (χ4n) is 1.90. The van der Waals surface area contributed by atoms with E-state index in [0.717, 1.165) is 15.9 Å². The minimum Gasteiger partial charge on any atom is -0.272 e. The van der Waals surface area contributed by atoms with E-state index >= 15 is 0 Å². The number of hydrogen-bond donors (Lipinski definition) is 2. The number of carbonyl (C=O) groups excluding carboxylic acids is 2. The second kappa shape index (κ2) is 7.26. The Labute approximate surface area is 141 Å². The summed E-state index contributed by atoms with van der Waals surface area (Å²) in [5, 5.41) is 3.63. The van der Waals surface area contributed by atoms with E-state index < -0.39 is 0 Å². The van der Waals surface area contributed by atoms with Crippen molar-refractivity contribution >= 4 is 45.8 Å². The molecule has 116 valence electrons. The summed E-state index contributed by atoms with van der Waals surface area (Å²) < 4.78 is 0. The van der Waals surface area contributed by atoms with Crippen LogP contribution >= 0.6 is 23.1 Å². The highest BCUT2D eigenvalue weighted by Gasteiger charge is 2.09. The average molecular weight is 343 g/mol. The molecule has 0 unspecified atom stereocenters. The lowest BCUT2D eigenvalue weighted by atomic mass is 10.2. The smallest absolute Gasteiger partial charge is 0.272 e. The molecule has 0 aliphatic carbocycles. The highest BCUT2D eigenvalue weighted by molar-refractivity contribution is 7.99. The summed E-state index contributed by atoms with van der Waals surface area (Å²) in [6, 6.07) is 15.1. The van der Waals surface area contributed by atoms with Gasteiger partial charge in [-0.25, -0.2) is 4.98 Å². The number of hydrogen-bond acceptors (Lipinski definition) is 5. The van der Waals surface area contributed by atoms with Crippen LogP contribution in [-0.2, 0) is 4.79 Å². The first-order valence-corrected chi connectivity index (χ1v) is 8.70. The Hall–Kier alpha value is -2.38. The highest BCUT2D eigenvalue weighted by atomic mass is 32.2. The van der Waals surface area contributed by atoms with Gasteiger partial charge in [-0.2, -0.15) is 0 Å². The van der Waals surface area contributed by atoms with Gasteiger partial charge in [-0.3, -0.25) is 20.4 Å². The molecule has 3 rings (SSSR count). The Morgan fingerprint density at radius 1 is 1.04 bits per heavy atom. The number of benzene rings is 1. The number of fused-ring (bicyclic) bond motifs is 1. The van der Waals surface area contributed by atoms with Gasteiger partial charge in [0.05, 0.1) is 21.2 Å². The lowest BCUT2D eigenvalue weighted by Gasteiger charge is -2.06. The van der Waals surface area contributed by atoms with Crippen molar-refractivity contribution in [3.63, 3.8) is 0 Å². The van der Waals surface area contributed by atoms with Gasteiger partial charge in [0.1, 0.15) is 0 Å². The van der Waals surface area contributed by atoms with Crippen LogP contribution in [0.25, 0.3) is 10.9 Å². The largest absolute Gasteiger partial charge is 0.279 e. The summed E-state index contributed by atoms with van der Waals surface area (Å²) in [5.74, 6) is -0.423. The van der Waals surface area contributed by atoms with Crippen molar-refractivity contribution in [3.05, 3.63) is 58.8 Å². The van der Waals surface area contributed by atoms with Crippen LogP contribution in [0.1, 0.15) is 9.67 Å². The third-order valence-electron chi connectivity index (χ3n) is 2.98. The van der Waals surface area contributed by atoms with Crippen LogP contribution < -0.4 is 10.9 Å². The van der Waals surface area contributed by atoms with Crippen molar-refractivity contribution in [2.45, 2.75) is 5.03 Å². The van der Waals surface area contributed by atoms with E-state index in [1.165, 1.54) is 23.1 Å². The first kappa shape index (κ1) is 15.5. The predicted octanol–water partition coefficient (Wildman–Crippen LogP) is 2.85. The molecule has 1 aromatic carbocycles. The van der Waals surface area contributed by atoms with E-state index in [9.17, 15) is 9.59 Å². The molecule has 2 N–H and O–H groups in total. The molecule has 7 heteroatoms. The van der Waals surface area contributed by atoms with E-state index in [0.29, 0.717) is 4.88 Å². The number of nitrogens with one attached hydrogen (secondary N) is 2. The Morgan fingerprint density at radius 2 is 1.91 bits per heavy atom. The maximum Gasteiger partial charge on any atom is 0.279 e. The zero-order chi connectivity index (χ0) is 16.1. The maximum atomic E-state index is 11.8. The minimum atomic E-state index is -0.317. The van der Waals surface area contributed by atoms with E-state index in [-0.39, 0.29) is 17.6 Å². The van der Waals surface area contributed by atoms with Crippen LogP contribution in [0.5, 0.6) is 0 Å². The number of aromatic nitrogens is 1. The second-order valence-corrected chi connectivity index (χ2v) is 6.55. The molecule has 5 nitrogen and oxygen atoms in total. The van der Waals surface area contributed by atoms with Crippen LogP contribution in [0.4, 0.5) is 0 Å². The Kier molecular flexibility index (Phi) is 4.89. The zero-order valence-electron chi connectivity index (χ0n) is 12.0. The van der Waals surface area contributed by atoms with Crippen LogP contribution in [0.15, 0.2) is 58.9 Å². The van der Waals surface area contributed by atoms with Gasteiger partial charge in [0.25, 0.3) is 5.91 Å². The standard InChI is InChI=1S/C16H13N3O2S2/c20-14(18-19-16(21)13-6-3-9-22-13)10-23-15-8-7-11-4-1-2-5-12(11)17-15/h1-9H,10H2,(H,18,20)(H,19,21). The van der Waals surface area contributed by atoms with Crippen molar-refractivity contribution < 1.29 is 9.59 Å². The van der Waals surface area contributed by atoms with Gasteiger partial charge in [0.15, 0.2) is 0 Å². The van der Waals surface area contributed by atoms with Crippen LogP contribution in [0.3, 0.4) is 0 Å². The van der Waals surface area contributed by atoms with Crippen LogP contribution in [0.2, 0.25) is 0 Å². The molecule has 0 bridgehead atoms. The maximum absolute atomic E-state index is 11.8. The lowest BCUT2D eigenvalue weighted by molar-refractivity contribution is -0.119. The average Bonchev–Trinajstić information content (AvgIpc) is 3.12. The summed E-state index contributed by atoms with van der Waals surface area (Å²) in [6.07, 6.45) is 0. The molecule has 0 radical (unpaired) electrons. The highest BCUT2D eigenvalue weighted by Crippen LogP contribution is 2.19. The Balaban J connectivity index is 1.51. The fourth-order valence-corrected chi connectivity index (χ4v) is 3.20. The topological polar surface area (TPSA) is 71.1 Å². The first-order valence-electron chi connectivity index (χ1n) is 6.84. The molecule has 2 aromatic heterocycles. The van der Waals surface area contributed by atoms with E-state index in [4.69, 9.17) is 0 Å². The number of thiophene rings is 1. The van der Waals surface area contributed by atoms with Gasteiger partial charge in [-0.05, 0) is 23.6 Å². The minimum absolute atomic E-state index is 0.177. The SMILES string of the molecule is O=C(CSc1ccc2ccccc2n1)NNC(=O)c1cccs1. The van der Waals surface area contributed by atoms with Crippen molar-refractivity contribution in [1.82, 2.24) is 15.8 Å². The molecule has 23 heavy (non-hydrogen) atoms. The van der Waals surface area contributed by atoms with E-state index in [1.54, 1.807) is 17.5 Å². The van der Waals surface area contributed by atoms with Crippen molar-refractivity contribution in [3.8, 4) is 0 Å². The second-order valence-electron chi connectivity index (χ2n) is 4.61. The number of rotatable bonds is 4. The summed E-state index contributed by atoms with van der Waals surface area (Å²) in [4.78, 5) is 28.5. The number of nitrogens with zero attached hydrogens (tertiary/aromatic N) is 1. The predicted molar refractivity (Wildman–Crippen MR) is 92.4 cm³/mol. The molecule has 0 atom stereocenters. The third-order valence-corrected chi connectivity index (χ3v) is 4.78. The van der Waals surface area contributed by atoms with Crippen molar-refractivity contribution in [2.24, 2.45) is 0 Å². The number of hydrazine groups is 1.